The lowest BCUT2D eigenvalue weighted by molar-refractivity contribution is -0.137. The number of nitrogens with zero attached hydrogens (tertiary/aromatic N) is 3. The highest BCUT2D eigenvalue weighted by Gasteiger charge is 2.31. The number of likely N-dealkylation sites (tertiary alicyclic amines) is 1. The highest BCUT2D eigenvalue weighted by molar-refractivity contribution is 5.83. The molecule has 1 unspecified atom stereocenters. The lowest BCUT2D eigenvalue weighted by Gasteiger charge is -2.31. The number of halogens is 5. The second-order valence-corrected chi connectivity index (χ2v) is 12.4. The van der Waals surface area contributed by atoms with Crippen molar-refractivity contribution >= 4 is 16.8 Å². The van der Waals surface area contributed by atoms with Crippen LogP contribution in [0.5, 0.6) is 0 Å². The van der Waals surface area contributed by atoms with Crippen molar-refractivity contribution in [2.75, 3.05) is 19.6 Å². The standard InChI is InChI=1S/C39H36F5N3O2/c1-2-45-21-20-32(24-45)47(23-26-10-12-27(13-11-26)28-14-17-30(18-15-28)39(42,43)44)37(49)25-46-31(19-16-29-6-5-8-34(40)38(29)41)22-36(48)33-7-3-4-9-35(33)46/h3-15,17-18,22,32H,2,16,19-21,23-25H2,1H3. The van der Waals surface area contributed by atoms with Gasteiger partial charge in [-0.2, -0.15) is 13.2 Å². The number of carbonyl (C=O) groups is 1. The van der Waals surface area contributed by atoms with E-state index in [2.05, 4.69) is 11.8 Å². The zero-order chi connectivity index (χ0) is 34.7. The van der Waals surface area contributed by atoms with E-state index in [-0.39, 0.29) is 42.3 Å². The molecule has 0 saturated carbocycles. The summed E-state index contributed by atoms with van der Waals surface area (Å²) >= 11 is 0. The molecule has 1 aromatic heterocycles. The predicted octanol–water partition coefficient (Wildman–Crippen LogP) is 7.87. The van der Waals surface area contributed by atoms with Crippen molar-refractivity contribution in [3.8, 4) is 11.1 Å². The number of rotatable bonds is 10. The van der Waals surface area contributed by atoms with Crippen LogP contribution in [-0.4, -0.2) is 46.0 Å². The Hall–Kier alpha value is -4.83. The second kappa shape index (κ2) is 14.3. The fourth-order valence-electron chi connectivity index (χ4n) is 6.63. The van der Waals surface area contributed by atoms with Gasteiger partial charge in [0.1, 0.15) is 6.54 Å². The first kappa shape index (κ1) is 34.0. The summed E-state index contributed by atoms with van der Waals surface area (Å²) in [5.74, 6) is -2.02. The van der Waals surface area contributed by atoms with E-state index in [0.717, 1.165) is 48.8 Å². The van der Waals surface area contributed by atoms with E-state index in [9.17, 15) is 31.5 Å². The van der Waals surface area contributed by atoms with E-state index in [0.29, 0.717) is 35.2 Å². The van der Waals surface area contributed by atoms with Gasteiger partial charge >= 0.3 is 6.18 Å². The van der Waals surface area contributed by atoms with Gasteiger partial charge in [-0.15, -0.1) is 0 Å². The second-order valence-electron chi connectivity index (χ2n) is 12.4. The van der Waals surface area contributed by atoms with E-state index < -0.39 is 23.4 Å². The summed E-state index contributed by atoms with van der Waals surface area (Å²) in [5.41, 5.74) is 2.66. The topological polar surface area (TPSA) is 45.5 Å². The molecule has 1 aliphatic heterocycles. The van der Waals surface area contributed by atoms with Crippen LogP contribution in [0.15, 0.2) is 102 Å². The molecule has 1 fully saturated rings. The zero-order valence-corrected chi connectivity index (χ0v) is 27.0. The van der Waals surface area contributed by atoms with Crippen LogP contribution in [0.3, 0.4) is 0 Å². The quantitative estimate of drug-likeness (QED) is 0.142. The molecule has 0 bridgehead atoms. The Morgan fingerprint density at radius 1 is 0.878 bits per heavy atom. The molecule has 254 valence electrons. The number of likely N-dealkylation sites (N-methyl/N-ethyl adjacent to an activating group) is 1. The monoisotopic (exact) mass is 673 g/mol. The minimum Gasteiger partial charge on any atom is -0.335 e. The number of aromatic nitrogens is 1. The molecule has 4 aromatic carbocycles. The maximum absolute atomic E-state index is 14.5. The smallest absolute Gasteiger partial charge is 0.335 e. The largest absolute Gasteiger partial charge is 0.416 e. The summed E-state index contributed by atoms with van der Waals surface area (Å²) in [6.07, 6.45) is -3.27. The fraction of sp³-hybridized carbons (Fsp3) is 0.282. The summed E-state index contributed by atoms with van der Waals surface area (Å²) in [4.78, 5) is 31.6. The van der Waals surface area contributed by atoms with Crippen LogP contribution < -0.4 is 5.43 Å². The van der Waals surface area contributed by atoms with E-state index >= 15 is 0 Å². The van der Waals surface area contributed by atoms with E-state index in [1.165, 1.54) is 30.3 Å². The predicted molar refractivity (Wildman–Crippen MR) is 180 cm³/mol. The van der Waals surface area contributed by atoms with Crippen LogP contribution in [0, 0.1) is 11.6 Å². The average molecular weight is 674 g/mol. The minimum atomic E-state index is -4.41. The summed E-state index contributed by atoms with van der Waals surface area (Å²) in [5, 5.41) is 0.458. The molecule has 0 N–H and O–H groups in total. The molecule has 49 heavy (non-hydrogen) atoms. The SMILES string of the molecule is CCN1CCC(N(Cc2ccc(-c3ccc(C(F)(F)F)cc3)cc2)C(=O)Cn2c(CCc3cccc(F)c3F)cc(=O)c3ccccc32)C1. The van der Waals surface area contributed by atoms with E-state index in [4.69, 9.17) is 0 Å². The highest BCUT2D eigenvalue weighted by atomic mass is 19.4. The van der Waals surface area contributed by atoms with Crippen LogP contribution in [0.4, 0.5) is 22.0 Å². The molecule has 1 aliphatic rings. The van der Waals surface area contributed by atoms with Crippen molar-refractivity contribution in [1.29, 1.82) is 0 Å². The first-order chi connectivity index (χ1) is 23.5. The number of benzene rings is 4. The normalized spacial score (nSPS) is 15.2. The maximum Gasteiger partial charge on any atom is 0.416 e. The third kappa shape index (κ3) is 7.59. The molecular weight excluding hydrogens is 637 g/mol. The molecule has 5 aromatic rings. The van der Waals surface area contributed by atoms with E-state index in [1.54, 1.807) is 24.3 Å². The van der Waals surface area contributed by atoms with Crippen molar-refractivity contribution in [2.24, 2.45) is 0 Å². The number of hydrogen-bond donors (Lipinski definition) is 0. The van der Waals surface area contributed by atoms with Crippen molar-refractivity contribution in [2.45, 2.75) is 51.5 Å². The molecule has 0 aliphatic carbocycles. The number of fused-ring (bicyclic) bond motifs is 1. The average Bonchev–Trinajstić information content (AvgIpc) is 3.58. The van der Waals surface area contributed by atoms with Crippen molar-refractivity contribution in [3.63, 3.8) is 0 Å². The van der Waals surface area contributed by atoms with Crippen molar-refractivity contribution < 1.29 is 26.7 Å². The molecule has 5 nitrogen and oxygen atoms in total. The summed E-state index contributed by atoms with van der Waals surface area (Å²) in [6.45, 7) is 4.75. The first-order valence-corrected chi connectivity index (χ1v) is 16.3. The number of alkyl halides is 3. The summed E-state index contributed by atoms with van der Waals surface area (Å²) in [6, 6.07) is 24.9. The van der Waals surface area contributed by atoms with Gasteiger partial charge in [-0.05, 0) is 78.4 Å². The highest BCUT2D eigenvalue weighted by Crippen LogP contribution is 2.31. The van der Waals surface area contributed by atoms with Gasteiger partial charge < -0.3 is 14.4 Å². The van der Waals surface area contributed by atoms with Crippen LogP contribution in [0.1, 0.15) is 35.7 Å². The molecule has 0 spiro atoms. The fourth-order valence-corrected chi connectivity index (χ4v) is 6.63. The Bertz CT molecular complexity index is 2010. The Morgan fingerprint density at radius 2 is 1.57 bits per heavy atom. The van der Waals surface area contributed by atoms with Crippen LogP contribution in [0.25, 0.3) is 22.0 Å². The molecular formula is C39H36F5N3O2. The Kier molecular flexibility index (Phi) is 9.96. The molecule has 10 heteroatoms. The van der Waals surface area contributed by atoms with Gasteiger partial charge in [0.05, 0.1) is 11.1 Å². The van der Waals surface area contributed by atoms with Gasteiger partial charge in [0.25, 0.3) is 0 Å². The number of pyridine rings is 1. The lowest BCUT2D eigenvalue weighted by atomic mass is 10.0. The minimum absolute atomic E-state index is 0.0578. The van der Waals surface area contributed by atoms with Gasteiger partial charge in [-0.3, -0.25) is 9.59 Å². The van der Waals surface area contributed by atoms with Crippen LogP contribution >= 0.6 is 0 Å². The van der Waals surface area contributed by atoms with Gasteiger partial charge in [0.15, 0.2) is 17.1 Å². The number of carbonyl (C=O) groups excluding carboxylic acids is 1. The number of aryl methyl sites for hydroxylation is 2. The van der Waals surface area contributed by atoms with Gasteiger partial charge in [0, 0.05) is 42.8 Å². The number of para-hydroxylation sites is 1. The molecule has 2 heterocycles. The van der Waals surface area contributed by atoms with Crippen LogP contribution in [-0.2, 0) is 36.9 Å². The Balaban J connectivity index is 1.29. The Labute approximate surface area is 281 Å². The number of amides is 1. The molecule has 1 amide bonds. The molecule has 6 rings (SSSR count). The molecule has 1 atom stereocenters. The summed E-state index contributed by atoms with van der Waals surface area (Å²) in [7, 11) is 0. The Morgan fingerprint density at radius 3 is 2.24 bits per heavy atom. The zero-order valence-electron chi connectivity index (χ0n) is 27.0. The van der Waals surface area contributed by atoms with Crippen LogP contribution in [0.2, 0.25) is 0 Å². The van der Waals surface area contributed by atoms with Crippen molar-refractivity contribution in [3.05, 3.63) is 141 Å². The van der Waals surface area contributed by atoms with Gasteiger partial charge in [-0.1, -0.05) is 67.6 Å². The third-order valence-corrected chi connectivity index (χ3v) is 9.39. The lowest BCUT2D eigenvalue weighted by Crippen LogP contribution is -2.43. The van der Waals surface area contributed by atoms with E-state index in [1.807, 2.05) is 33.7 Å². The van der Waals surface area contributed by atoms with Gasteiger partial charge in [0.2, 0.25) is 5.91 Å². The molecule has 1 saturated heterocycles. The molecule has 0 radical (unpaired) electrons. The third-order valence-electron chi connectivity index (χ3n) is 9.39. The number of hydrogen-bond acceptors (Lipinski definition) is 3. The summed E-state index contributed by atoms with van der Waals surface area (Å²) < 4.78 is 69.4. The van der Waals surface area contributed by atoms with Gasteiger partial charge in [-0.25, -0.2) is 8.78 Å². The van der Waals surface area contributed by atoms with Crippen molar-refractivity contribution in [1.82, 2.24) is 14.4 Å². The first-order valence-electron chi connectivity index (χ1n) is 16.3. The maximum atomic E-state index is 14.5.